The Balaban J connectivity index is 1.58. The van der Waals surface area contributed by atoms with E-state index in [-0.39, 0.29) is 17.3 Å². The van der Waals surface area contributed by atoms with E-state index < -0.39 is 44.9 Å². The summed E-state index contributed by atoms with van der Waals surface area (Å²) in [5, 5.41) is 1.89. The maximum Gasteiger partial charge on any atom is 0.409 e. The molecule has 0 radical (unpaired) electrons. The van der Waals surface area contributed by atoms with Gasteiger partial charge in [-0.3, -0.25) is 0 Å². The minimum atomic E-state index is -4.70. The van der Waals surface area contributed by atoms with E-state index in [2.05, 4.69) is 9.71 Å². The van der Waals surface area contributed by atoms with Gasteiger partial charge in [-0.15, -0.1) is 0 Å². The third kappa shape index (κ3) is 5.13. The van der Waals surface area contributed by atoms with Crippen molar-refractivity contribution in [2.75, 3.05) is 0 Å². The van der Waals surface area contributed by atoms with E-state index in [1.807, 2.05) is 6.07 Å². The zero-order valence-corrected chi connectivity index (χ0v) is 21.4. The van der Waals surface area contributed by atoms with Gasteiger partial charge in [-0.05, 0) is 86.0 Å². The number of ether oxygens (including phenoxy) is 1. The number of nitrogens with zero attached hydrogens (tertiary/aromatic N) is 1. The number of carbonyl (C=O) groups excluding carboxylic acids is 1. The third-order valence-electron chi connectivity index (χ3n) is 5.88. The average Bonchev–Trinajstić information content (AvgIpc) is 3.35. The van der Waals surface area contributed by atoms with Crippen LogP contribution < -0.4 is 5.32 Å². The molecule has 2 aromatic rings. The molecular weight excluding hydrogens is 527 g/mol. The van der Waals surface area contributed by atoms with E-state index >= 15 is 0 Å². The van der Waals surface area contributed by atoms with Gasteiger partial charge in [-0.2, -0.15) is 13.2 Å². The highest BCUT2D eigenvalue weighted by Gasteiger charge is 2.60. The lowest BCUT2D eigenvalue weighted by atomic mass is 9.89. The summed E-state index contributed by atoms with van der Waals surface area (Å²) in [5.74, 6) is -0.966. The Labute approximate surface area is 214 Å². The van der Waals surface area contributed by atoms with Crippen molar-refractivity contribution >= 4 is 47.0 Å². The molecule has 2 aromatic carbocycles. The SMILES string of the molecule is CC(C)(C)OC(=O)NC1CCc2cc(C3=NSC(c4cc(Cl)c(F)c(Cl)c4)(C(F)(F)F)C3)ccc21. The molecule has 1 N–H and O–H groups in total. The summed E-state index contributed by atoms with van der Waals surface area (Å²) in [7, 11) is 0. The molecule has 0 saturated heterocycles. The van der Waals surface area contributed by atoms with Gasteiger partial charge < -0.3 is 10.1 Å². The van der Waals surface area contributed by atoms with Gasteiger partial charge in [0.05, 0.1) is 21.8 Å². The van der Waals surface area contributed by atoms with Gasteiger partial charge in [0.1, 0.15) is 5.60 Å². The van der Waals surface area contributed by atoms with E-state index in [0.29, 0.717) is 30.4 Å². The summed E-state index contributed by atoms with van der Waals surface area (Å²) in [4.78, 5) is 12.2. The highest BCUT2D eigenvalue weighted by molar-refractivity contribution is 7.99. The molecule has 0 spiro atoms. The van der Waals surface area contributed by atoms with Crippen LogP contribution in [-0.4, -0.2) is 23.6 Å². The van der Waals surface area contributed by atoms with Gasteiger partial charge in [0.15, 0.2) is 10.6 Å². The molecular formula is C24H22Cl2F4N2O2S. The molecule has 0 fully saturated rings. The van der Waals surface area contributed by atoms with Crippen molar-refractivity contribution < 1.29 is 27.1 Å². The second kappa shape index (κ2) is 9.16. The fourth-order valence-corrected chi connectivity index (χ4v) is 5.70. The number of carbonyl (C=O) groups is 1. The molecule has 188 valence electrons. The smallest absolute Gasteiger partial charge is 0.409 e. The van der Waals surface area contributed by atoms with E-state index in [0.717, 1.165) is 23.3 Å². The fraction of sp³-hybridized carbons (Fsp3) is 0.417. The number of hydrogen-bond donors (Lipinski definition) is 1. The molecule has 0 saturated carbocycles. The highest BCUT2D eigenvalue weighted by Crippen LogP contribution is 2.57. The van der Waals surface area contributed by atoms with Crippen LogP contribution in [0.15, 0.2) is 34.7 Å². The number of alkyl carbamates (subject to hydrolysis) is 1. The van der Waals surface area contributed by atoms with Gasteiger partial charge >= 0.3 is 12.3 Å². The molecule has 1 aliphatic heterocycles. The lowest BCUT2D eigenvalue weighted by molar-refractivity contribution is -0.159. The van der Waals surface area contributed by atoms with Crippen LogP contribution in [0.4, 0.5) is 22.4 Å². The minimum Gasteiger partial charge on any atom is -0.444 e. The van der Waals surface area contributed by atoms with Gasteiger partial charge in [0.25, 0.3) is 0 Å². The topological polar surface area (TPSA) is 50.7 Å². The summed E-state index contributed by atoms with van der Waals surface area (Å²) in [5.41, 5.74) is 1.75. The van der Waals surface area contributed by atoms with Crippen LogP contribution in [0.2, 0.25) is 10.0 Å². The summed E-state index contributed by atoms with van der Waals surface area (Å²) in [6, 6.07) is 6.97. The molecule has 1 aliphatic carbocycles. The molecule has 0 bridgehead atoms. The standard InChI is InChI=1S/C24H22Cl2F4N2O2S/c1-22(2,3)34-21(33)31-18-7-5-12-8-13(4-6-15(12)18)19-11-23(35-32-19,24(28,29)30)14-9-16(25)20(27)17(26)10-14/h4,6,8-10,18H,5,7,11H2,1-3H3,(H,31,33). The maximum atomic E-state index is 14.3. The first-order valence-electron chi connectivity index (χ1n) is 10.8. The molecule has 0 aromatic heterocycles. The van der Waals surface area contributed by atoms with Crippen LogP contribution in [0, 0.1) is 5.82 Å². The average molecular weight is 549 g/mol. The van der Waals surface area contributed by atoms with E-state index in [1.165, 1.54) is 0 Å². The van der Waals surface area contributed by atoms with Gasteiger partial charge in [-0.1, -0.05) is 35.3 Å². The van der Waals surface area contributed by atoms with Crippen molar-refractivity contribution in [3.63, 3.8) is 0 Å². The normalized spacial score (nSPS) is 22.1. The number of benzene rings is 2. The monoisotopic (exact) mass is 548 g/mol. The zero-order valence-electron chi connectivity index (χ0n) is 19.0. The second-order valence-corrected chi connectivity index (χ2v) is 11.4. The summed E-state index contributed by atoms with van der Waals surface area (Å²) >= 11 is 12.0. The predicted molar refractivity (Wildman–Crippen MR) is 130 cm³/mol. The largest absolute Gasteiger partial charge is 0.444 e. The molecule has 2 aliphatic rings. The van der Waals surface area contributed by atoms with E-state index in [4.69, 9.17) is 27.9 Å². The Morgan fingerprint density at radius 3 is 2.43 bits per heavy atom. The number of hydrogen-bond acceptors (Lipinski definition) is 4. The Bertz CT molecular complexity index is 1190. The maximum absolute atomic E-state index is 14.3. The lowest BCUT2D eigenvalue weighted by Gasteiger charge is -2.30. The molecule has 11 heteroatoms. The first kappa shape index (κ1) is 26.1. The third-order valence-corrected chi connectivity index (χ3v) is 7.67. The molecule has 2 atom stereocenters. The van der Waals surface area contributed by atoms with Crippen molar-refractivity contribution in [3.8, 4) is 0 Å². The second-order valence-electron chi connectivity index (χ2n) is 9.54. The van der Waals surface area contributed by atoms with Crippen molar-refractivity contribution in [1.29, 1.82) is 0 Å². The number of rotatable bonds is 3. The van der Waals surface area contributed by atoms with Crippen LogP contribution in [0.25, 0.3) is 0 Å². The number of halogens is 6. The summed E-state index contributed by atoms with van der Waals surface area (Å²) in [6.45, 7) is 5.32. The van der Waals surface area contributed by atoms with E-state index in [9.17, 15) is 22.4 Å². The molecule has 4 nitrogen and oxygen atoms in total. The van der Waals surface area contributed by atoms with Crippen molar-refractivity contribution in [2.24, 2.45) is 4.40 Å². The highest BCUT2D eigenvalue weighted by atomic mass is 35.5. The van der Waals surface area contributed by atoms with Gasteiger partial charge in [0.2, 0.25) is 0 Å². The Kier molecular flexibility index (Phi) is 6.83. The zero-order chi connectivity index (χ0) is 25.8. The van der Waals surface area contributed by atoms with Gasteiger partial charge in [-0.25, -0.2) is 13.6 Å². The Morgan fingerprint density at radius 1 is 1.17 bits per heavy atom. The first-order valence-corrected chi connectivity index (χ1v) is 12.3. The van der Waals surface area contributed by atoms with Crippen LogP contribution in [-0.2, 0) is 15.9 Å². The quantitative estimate of drug-likeness (QED) is 0.240. The van der Waals surface area contributed by atoms with Crippen LogP contribution >= 0.6 is 35.1 Å². The lowest BCUT2D eigenvalue weighted by Crippen LogP contribution is -2.38. The molecule has 1 amide bonds. The van der Waals surface area contributed by atoms with Crippen molar-refractivity contribution in [2.45, 2.75) is 62.6 Å². The number of amides is 1. The van der Waals surface area contributed by atoms with Crippen molar-refractivity contribution in [3.05, 3.63) is 68.4 Å². The van der Waals surface area contributed by atoms with Gasteiger partial charge in [0, 0.05) is 6.42 Å². The fourth-order valence-electron chi connectivity index (χ4n) is 4.24. The predicted octanol–water partition coefficient (Wildman–Crippen LogP) is 7.94. The number of nitrogens with one attached hydrogen (secondary N) is 1. The number of fused-ring (bicyclic) bond motifs is 1. The summed E-state index contributed by atoms with van der Waals surface area (Å²) in [6.07, 6.45) is -4.39. The van der Waals surface area contributed by atoms with Crippen LogP contribution in [0.1, 0.15) is 61.9 Å². The van der Waals surface area contributed by atoms with Crippen molar-refractivity contribution in [1.82, 2.24) is 5.32 Å². The van der Waals surface area contributed by atoms with E-state index in [1.54, 1.807) is 32.9 Å². The number of alkyl halides is 3. The molecule has 35 heavy (non-hydrogen) atoms. The Hall–Kier alpha value is -1.97. The summed E-state index contributed by atoms with van der Waals surface area (Å²) < 4.78 is 63.9. The van der Waals surface area contributed by atoms with Crippen LogP contribution in [0.5, 0.6) is 0 Å². The van der Waals surface area contributed by atoms with Crippen LogP contribution in [0.3, 0.4) is 0 Å². The minimum absolute atomic E-state index is 0.244. The number of aryl methyl sites for hydroxylation is 1. The Morgan fingerprint density at radius 2 is 1.83 bits per heavy atom. The molecule has 4 rings (SSSR count). The molecule has 2 unspecified atom stereocenters. The first-order chi connectivity index (χ1) is 16.2. The molecule has 1 heterocycles.